The number of nitrogens with one attached hydrogen (secondary N) is 1. The summed E-state index contributed by atoms with van der Waals surface area (Å²) in [5.74, 6) is -1.50. The first-order chi connectivity index (χ1) is 12.6. The van der Waals surface area contributed by atoms with Gasteiger partial charge in [-0.25, -0.2) is 4.39 Å². The lowest BCUT2D eigenvalue weighted by Gasteiger charge is -2.12. The number of amides is 1. The largest absolute Gasteiger partial charge is 0.435 e. The van der Waals surface area contributed by atoms with Crippen molar-refractivity contribution in [2.75, 3.05) is 5.32 Å². The molecule has 0 unspecified atom stereocenters. The van der Waals surface area contributed by atoms with Crippen LogP contribution in [-0.2, 0) is 13.2 Å². The molecule has 0 spiro atoms. The molecule has 8 heteroatoms. The van der Waals surface area contributed by atoms with E-state index >= 15 is 0 Å². The number of carbonyl (C=O) groups excluding carboxylic acids is 1. The number of benzene rings is 2. The molecule has 0 fully saturated rings. The van der Waals surface area contributed by atoms with Crippen LogP contribution in [0.4, 0.5) is 23.2 Å². The lowest BCUT2D eigenvalue weighted by atomic mass is 10.0. The number of rotatable bonds is 3. The molecule has 1 aromatic heterocycles. The number of carbonyl (C=O) groups is 1. The van der Waals surface area contributed by atoms with Crippen LogP contribution in [0.2, 0.25) is 0 Å². The fraction of sp³-hybridized carbons (Fsp3) is 0.158. The van der Waals surface area contributed by atoms with Crippen LogP contribution in [0.15, 0.2) is 48.7 Å². The zero-order valence-electron chi connectivity index (χ0n) is 14.4. The molecule has 0 bridgehead atoms. The molecule has 3 rings (SSSR count). The van der Waals surface area contributed by atoms with Crippen LogP contribution in [0.3, 0.4) is 0 Å². The number of hydrogen-bond donors (Lipinski definition) is 1. The quantitative estimate of drug-likeness (QED) is 0.666. The van der Waals surface area contributed by atoms with Gasteiger partial charge in [-0.05, 0) is 30.7 Å². The molecule has 2 aromatic carbocycles. The maximum Gasteiger partial charge on any atom is 0.435 e. The SMILES string of the molecule is Cc1ccc(-c2cc(F)ccc2NC(=O)c2cn(C)nc2C(F)(F)F)cc1. The Morgan fingerprint density at radius 1 is 1.11 bits per heavy atom. The molecule has 0 radical (unpaired) electrons. The van der Waals surface area contributed by atoms with Crippen LogP contribution in [0.25, 0.3) is 11.1 Å². The van der Waals surface area contributed by atoms with Gasteiger partial charge in [-0.15, -0.1) is 0 Å². The number of nitrogens with zero attached hydrogens (tertiary/aromatic N) is 2. The molecule has 0 atom stereocenters. The maximum absolute atomic E-state index is 13.7. The molecule has 0 saturated carbocycles. The van der Waals surface area contributed by atoms with E-state index < -0.39 is 29.2 Å². The summed E-state index contributed by atoms with van der Waals surface area (Å²) in [7, 11) is 1.29. The monoisotopic (exact) mass is 377 g/mol. The molecule has 1 N–H and O–H groups in total. The summed E-state index contributed by atoms with van der Waals surface area (Å²) in [5, 5.41) is 5.75. The maximum atomic E-state index is 13.7. The van der Waals surface area contributed by atoms with Gasteiger partial charge in [-0.3, -0.25) is 9.48 Å². The predicted molar refractivity (Wildman–Crippen MR) is 92.7 cm³/mol. The Morgan fingerprint density at radius 2 is 1.78 bits per heavy atom. The predicted octanol–water partition coefficient (Wildman–Crippen LogP) is 4.81. The van der Waals surface area contributed by atoms with E-state index in [9.17, 15) is 22.4 Å². The third-order valence-corrected chi connectivity index (χ3v) is 3.93. The van der Waals surface area contributed by atoms with Crippen molar-refractivity contribution in [3.8, 4) is 11.1 Å². The van der Waals surface area contributed by atoms with Crippen molar-refractivity contribution in [1.29, 1.82) is 0 Å². The number of hydrogen-bond acceptors (Lipinski definition) is 2. The molecular weight excluding hydrogens is 362 g/mol. The zero-order valence-corrected chi connectivity index (χ0v) is 14.4. The van der Waals surface area contributed by atoms with Gasteiger partial charge in [0, 0.05) is 24.5 Å². The zero-order chi connectivity index (χ0) is 19.8. The lowest BCUT2D eigenvalue weighted by Crippen LogP contribution is -2.18. The Kier molecular flexibility index (Phi) is 4.73. The van der Waals surface area contributed by atoms with Crippen molar-refractivity contribution in [3.63, 3.8) is 0 Å². The smallest absolute Gasteiger partial charge is 0.321 e. The summed E-state index contributed by atoms with van der Waals surface area (Å²) in [6.45, 7) is 1.89. The van der Waals surface area contributed by atoms with Gasteiger partial charge in [0.1, 0.15) is 5.82 Å². The standard InChI is InChI=1S/C19H15F4N3O/c1-11-3-5-12(6-4-11)14-9-13(20)7-8-16(14)24-18(27)15-10-26(2)25-17(15)19(21,22)23/h3-10H,1-2H3,(H,24,27). The van der Waals surface area contributed by atoms with E-state index in [1.165, 1.54) is 19.2 Å². The molecule has 1 amide bonds. The second-order valence-electron chi connectivity index (χ2n) is 6.07. The van der Waals surface area contributed by atoms with E-state index in [4.69, 9.17) is 0 Å². The van der Waals surface area contributed by atoms with Crippen LogP contribution in [0.1, 0.15) is 21.6 Å². The average molecular weight is 377 g/mol. The molecule has 140 valence electrons. The van der Waals surface area contributed by atoms with Crippen LogP contribution in [0, 0.1) is 12.7 Å². The fourth-order valence-electron chi connectivity index (χ4n) is 2.65. The van der Waals surface area contributed by atoms with Gasteiger partial charge in [0.05, 0.1) is 5.56 Å². The van der Waals surface area contributed by atoms with E-state index in [1.807, 2.05) is 19.1 Å². The summed E-state index contributed by atoms with van der Waals surface area (Å²) >= 11 is 0. The molecule has 0 saturated heterocycles. The molecule has 0 aliphatic rings. The van der Waals surface area contributed by atoms with Crippen LogP contribution in [0.5, 0.6) is 0 Å². The third kappa shape index (κ3) is 3.99. The van der Waals surface area contributed by atoms with Gasteiger partial charge < -0.3 is 5.32 Å². The second kappa shape index (κ2) is 6.86. The minimum Gasteiger partial charge on any atom is -0.321 e. The molecule has 3 aromatic rings. The topological polar surface area (TPSA) is 46.9 Å². The highest BCUT2D eigenvalue weighted by Gasteiger charge is 2.39. The van der Waals surface area contributed by atoms with E-state index in [0.717, 1.165) is 22.5 Å². The minimum absolute atomic E-state index is 0.197. The van der Waals surface area contributed by atoms with Crippen molar-refractivity contribution in [2.24, 2.45) is 7.05 Å². The first kappa shape index (κ1) is 18.6. The first-order valence-electron chi connectivity index (χ1n) is 7.94. The van der Waals surface area contributed by atoms with E-state index in [0.29, 0.717) is 11.1 Å². The van der Waals surface area contributed by atoms with Crippen LogP contribution < -0.4 is 5.32 Å². The van der Waals surface area contributed by atoms with Crippen LogP contribution >= 0.6 is 0 Å². The Morgan fingerprint density at radius 3 is 2.41 bits per heavy atom. The van der Waals surface area contributed by atoms with Gasteiger partial charge in [0.2, 0.25) is 0 Å². The number of alkyl halides is 3. The van der Waals surface area contributed by atoms with Gasteiger partial charge in [-0.1, -0.05) is 29.8 Å². The Labute approximate surface area is 152 Å². The molecular formula is C19H15F4N3O. The van der Waals surface area contributed by atoms with Gasteiger partial charge in [0.25, 0.3) is 5.91 Å². The Hall–Kier alpha value is -3.16. The Balaban J connectivity index is 2.00. The number of aryl methyl sites for hydroxylation is 2. The summed E-state index contributed by atoms with van der Waals surface area (Å²) in [6.07, 6.45) is -3.77. The van der Waals surface area contributed by atoms with E-state index in [1.54, 1.807) is 12.1 Å². The third-order valence-electron chi connectivity index (χ3n) is 3.93. The van der Waals surface area contributed by atoms with Gasteiger partial charge >= 0.3 is 6.18 Å². The van der Waals surface area contributed by atoms with E-state index in [-0.39, 0.29) is 5.69 Å². The normalized spacial score (nSPS) is 11.5. The minimum atomic E-state index is -4.77. The summed E-state index contributed by atoms with van der Waals surface area (Å²) in [6, 6.07) is 10.8. The molecule has 1 heterocycles. The molecule has 0 aliphatic carbocycles. The van der Waals surface area contributed by atoms with Crippen molar-refractivity contribution in [1.82, 2.24) is 9.78 Å². The van der Waals surface area contributed by atoms with Gasteiger partial charge in [-0.2, -0.15) is 18.3 Å². The highest BCUT2D eigenvalue weighted by molar-refractivity contribution is 6.07. The van der Waals surface area contributed by atoms with Crippen molar-refractivity contribution in [3.05, 3.63) is 71.3 Å². The van der Waals surface area contributed by atoms with E-state index in [2.05, 4.69) is 10.4 Å². The van der Waals surface area contributed by atoms with Gasteiger partial charge in [0.15, 0.2) is 5.69 Å². The number of anilines is 1. The Bertz CT molecular complexity index is 991. The fourth-order valence-corrected chi connectivity index (χ4v) is 2.65. The summed E-state index contributed by atoms with van der Waals surface area (Å²) in [5.41, 5.74) is 0.289. The second-order valence-corrected chi connectivity index (χ2v) is 6.07. The van der Waals surface area contributed by atoms with Crippen LogP contribution in [-0.4, -0.2) is 15.7 Å². The lowest BCUT2D eigenvalue weighted by molar-refractivity contribution is -0.141. The molecule has 27 heavy (non-hydrogen) atoms. The number of halogens is 4. The summed E-state index contributed by atoms with van der Waals surface area (Å²) in [4.78, 5) is 12.5. The van der Waals surface area contributed by atoms with Crippen molar-refractivity contribution < 1.29 is 22.4 Å². The first-order valence-corrected chi connectivity index (χ1v) is 7.94. The highest BCUT2D eigenvalue weighted by Crippen LogP contribution is 2.33. The molecule has 4 nitrogen and oxygen atoms in total. The summed E-state index contributed by atoms with van der Waals surface area (Å²) < 4.78 is 53.9. The number of aromatic nitrogens is 2. The average Bonchev–Trinajstić information content (AvgIpc) is 3.00. The highest BCUT2D eigenvalue weighted by atomic mass is 19.4. The molecule has 0 aliphatic heterocycles. The van der Waals surface area contributed by atoms with Crippen molar-refractivity contribution >= 4 is 11.6 Å². The van der Waals surface area contributed by atoms with Crippen molar-refractivity contribution in [2.45, 2.75) is 13.1 Å².